The van der Waals surface area contributed by atoms with E-state index in [9.17, 15) is 10.2 Å². The molecule has 0 aliphatic rings. The Kier molecular flexibility index (Phi) is 37.4. The summed E-state index contributed by atoms with van der Waals surface area (Å²) in [6.07, 6.45) is 30.2. The van der Waals surface area contributed by atoms with Crippen LogP contribution in [0.4, 0.5) is 0 Å². The highest BCUT2D eigenvalue weighted by molar-refractivity contribution is 4.70. The van der Waals surface area contributed by atoms with E-state index in [1.165, 1.54) is 141 Å². The molecule has 0 spiro atoms. The first kappa shape index (κ1) is 50.8. The Labute approximate surface area is 302 Å². The van der Waals surface area contributed by atoms with Gasteiger partial charge in [-0.05, 0) is 38.6 Å². The molecule has 282 valence electrons. The van der Waals surface area contributed by atoms with Crippen LogP contribution in [0.5, 0.6) is 0 Å². The summed E-state index contributed by atoms with van der Waals surface area (Å²) in [5.41, 5.74) is 0. The molecule has 0 radical (unpaired) electrons. The molecule has 0 aliphatic heterocycles. The van der Waals surface area contributed by atoms with Gasteiger partial charge < -0.3 is 44.0 Å². The number of nitrogens with zero attached hydrogens (tertiary/aromatic N) is 3. The molecular weight excluding hydrogens is 613 g/mol. The molecule has 0 bridgehead atoms. The number of aliphatic hydroxyl groups excluding tert-OH is 2. The van der Waals surface area contributed by atoms with E-state index < -0.39 is 0 Å². The number of aliphatic hydroxyl groups is 2. The summed E-state index contributed by atoms with van der Waals surface area (Å²) in [5, 5.41) is 22.3. The van der Waals surface area contributed by atoms with E-state index in [-0.39, 0.29) is 37.0 Å². The number of rotatable bonds is 34. The van der Waals surface area contributed by atoms with Gasteiger partial charge in [0.2, 0.25) is 0 Å². The topological polar surface area (TPSA) is 43.7 Å². The van der Waals surface area contributed by atoms with Gasteiger partial charge in [-0.1, -0.05) is 136 Å². The monoisotopic (exact) mass is 698 g/mol. The van der Waals surface area contributed by atoms with Gasteiger partial charge >= 0.3 is 0 Å². The molecule has 0 heterocycles. The predicted molar refractivity (Wildman–Crippen MR) is 195 cm³/mol. The van der Waals surface area contributed by atoms with Crippen molar-refractivity contribution < 1.29 is 44.0 Å². The van der Waals surface area contributed by atoms with E-state index >= 15 is 0 Å². The fourth-order valence-corrected chi connectivity index (χ4v) is 6.93. The van der Waals surface area contributed by atoms with E-state index in [0.29, 0.717) is 13.1 Å². The van der Waals surface area contributed by atoms with Gasteiger partial charge in [0.05, 0.1) is 41.3 Å². The maximum atomic E-state index is 11.1. The van der Waals surface area contributed by atoms with Crippen LogP contribution in [0.3, 0.4) is 0 Å². The number of likely N-dealkylation sites (N-methyl/N-ethyl adjacent to an activating group) is 2. The zero-order valence-electron chi connectivity index (χ0n) is 32.4. The number of halogens is 2. The third kappa shape index (κ3) is 34.3. The summed E-state index contributed by atoms with van der Waals surface area (Å²) in [7, 11) is 9.11. The van der Waals surface area contributed by atoms with Gasteiger partial charge in [-0.25, -0.2) is 0 Å². The van der Waals surface area contributed by atoms with Crippen LogP contribution in [0.15, 0.2) is 0 Å². The summed E-state index contributed by atoms with van der Waals surface area (Å²) < 4.78 is 1.76. The van der Waals surface area contributed by atoms with Crippen molar-refractivity contribution in [2.45, 2.75) is 181 Å². The minimum absolute atomic E-state index is 0. The van der Waals surface area contributed by atoms with Crippen molar-refractivity contribution in [2.75, 3.05) is 74.0 Å². The Morgan fingerprint density at radius 1 is 0.413 bits per heavy atom. The van der Waals surface area contributed by atoms with Crippen LogP contribution in [0.1, 0.15) is 168 Å². The lowest BCUT2D eigenvalue weighted by Gasteiger charge is -2.36. The van der Waals surface area contributed by atoms with E-state index in [0.717, 1.165) is 48.1 Å². The van der Waals surface area contributed by atoms with Gasteiger partial charge in [0.25, 0.3) is 0 Å². The Morgan fingerprint density at radius 3 is 0.978 bits per heavy atom. The van der Waals surface area contributed by atoms with Crippen LogP contribution in [-0.2, 0) is 0 Å². The molecule has 0 amide bonds. The highest BCUT2D eigenvalue weighted by Crippen LogP contribution is 2.14. The average Bonchev–Trinajstić information content (AvgIpc) is 2.94. The van der Waals surface area contributed by atoms with E-state index in [2.05, 4.69) is 53.9 Å². The normalized spacial score (nSPS) is 13.4. The Hall–Kier alpha value is 0.380. The summed E-state index contributed by atoms with van der Waals surface area (Å²) in [6, 6.07) is 0. The lowest BCUT2D eigenvalue weighted by molar-refractivity contribution is -0.893. The highest BCUT2D eigenvalue weighted by atomic mass is 35.5. The SMILES string of the molecule is CCCCCCCCCCCC[N+](C)(C)CC(O)CN(CCCCC)CC(O)C[N+](C)(C)CCCCCCCCCCCC.[Cl-].[Cl-]. The molecule has 46 heavy (non-hydrogen) atoms. The van der Waals surface area contributed by atoms with Crippen LogP contribution >= 0.6 is 0 Å². The summed E-state index contributed by atoms with van der Waals surface area (Å²) in [5.74, 6) is 0. The third-order valence-electron chi connectivity index (χ3n) is 9.66. The first-order valence-corrected chi connectivity index (χ1v) is 19.8. The van der Waals surface area contributed by atoms with Crippen molar-refractivity contribution >= 4 is 0 Å². The number of unbranched alkanes of at least 4 members (excludes halogenated alkanes) is 20. The molecule has 0 aromatic heterocycles. The molecule has 0 aromatic rings. The fourth-order valence-electron chi connectivity index (χ4n) is 6.93. The summed E-state index contributed by atoms with van der Waals surface area (Å²) >= 11 is 0. The number of hydrogen-bond donors (Lipinski definition) is 2. The zero-order valence-corrected chi connectivity index (χ0v) is 33.9. The molecule has 5 nitrogen and oxygen atoms in total. The highest BCUT2D eigenvalue weighted by Gasteiger charge is 2.26. The van der Waals surface area contributed by atoms with Crippen molar-refractivity contribution in [1.82, 2.24) is 4.90 Å². The maximum absolute atomic E-state index is 11.1. The van der Waals surface area contributed by atoms with Gasteiger partial charge in [0, 0.05) is 13.1 Å². The molecule has 0 fully saturated rings. The molecule has 0 aromatic carbocycles. The lowest BCUT2D eigenvalue weighted by Crippen LogP contribution is -3.00. The third-order valence-corrected chi connectivity index (χ3v) is 9.66. The first-order chi connectivity index (χ1) is 21.0. The molecule has 0 aliphatic carbocycles. The van der Waals surface area contributed by atoms with Crippen molar-refractivity contribution in [2.24, 2.45) is 0 Å². The smallest absolute Gasteiger partial charge is 0.115 e. The number of hydrogen-bond acceptors (Lipinski definition) is 3. The molecule has 0 saturated heterocycles. The standard InChI is InChI=1S/C39H85N3O2.2ClH/c1-8-11-14-16-18-20-22-24-26-29-32-41(4,5)36-38(43)34-40(31-28-13-10-3)35-39(44)37-42(6,7)33-30-27-25-23-21-19-17-15-12-9-2;;/h38-39,43-44H,8-37H2,1-7H3;2*1H/q+2;;/p-2. The molecule has 7 heteroatoms. The second-order valence-corrected chi connectivity index (χ2v) is 15.8. The van der Waals surface area contributed by atoms with Gasteiger partial charge in [0.1, 0.15) is 25.3 Å². The van der Waals surface area contributed by atoms with Crippen molar-refractivity contribution in [3.05, 3.63) is 0 Å². The zero-order chi connectivity index (χ0) is 32.9. The van der Waals surface area contributed by atoms with Crippen LogP contribution in [0, 0.1) is 0 Å². The molecule has 0 saturated carbocycles. The minimum Gasteiger partial charge on any atom is -1.00 e. The molecule has 0 rings (SSSR count). The van der Waals surface area contributed by atoms with E-state index in [1.807, 2.05) is 0 Å². The quantitative estimate of drug-likeness (QED) is 0.0803. The van der Waals surface area contributed by atoms with Gasteiger partial charge in [-0.2, -0.15) is 0 Å². The maximum Gasteiger partial charge on any atom is 0.115 e. The van der Waals surface area contributed by atoms with Gasteiger partial charge in [-0.3, -0.25) is 4.90 Å². The lowest BCUT2D eigenvalue weighted by atomic mass is 10.1. The van der Waals surface area contributed by atoms with Crippen LogP contribution in [0.2, 0.25) is 0 Å². The predicted octanol–water partition coefficient (Wildman–Crippen LogP) is 3.20. The molecular formula is C39H85Cl2N3O2. The first-order valence-electron chi connectivity index (χ1n) is 19.8. The second-order valence-electron chi connectivity index (χ2n) is 15.8. The second kappa shape index (κ2) is 33.9. The van der Waals surface area contributed by atoms with Crippen LogP contribution in [-0.4, -0.2) is 110 Å². The Bertz CT molecular complexity index is 564. The van der Waals surface area contributed by atoms with Crippen molar-refractivity contribution in [3.63, 3.8) is 0 Å². The number of quaternary nitrogens is 2. The van der Waals surface area contributed by atoms with E-state index in [1.54, 1.807) is 0 Å². The average molecular weight is 699 g/mol. The summed E-state index contributed by atoms with van der Waals surface area (Å²) in [4.78, 5) is 2.35. The molecule has 2 atom stereocenters. The van der Waals surface area contributed by atoms with Crippen LogP contribution in [0.25, 0.3) is 0 Å². The molecule has 2 N–H and O–H groups in total. The largest absolute Gasteiger partial charge is 1.00 e. The van der Waals surface area contributed by atoms with Crippen molar-refractivity contribution in [3.8, 4) is 0 Å². The van der Waals surface area contributed by atoms with E-state index in [4.69, 9.17) is 0 Å². The minimum atomic E-state index is -0.351. The van der Waals surface area contributed by atoms with Gasteiger partial charge in [0.15, 0.2) is 0 Å². The van der Waals surface area contributed by atoms with Gasteiger partial charge in [-0.15, -0.1) is 0 Å². The van der Waals surface area contributed by atoms with Crippen LogP contribution < -0.4 is 24.8 Å². The fraction of sp³-hybridized carbons (Fsp3) is 1.00. The summed E-state index contributed by atoms with van der Waals surface area (Å²) in [6.45, 7) is 13.0. The molecule has 2 unspecified atom stereocenters. The Morgan fingerprint density at radius 2 is 0.674 bits per heavy atom. The van der Waals surface area contributed by atoms with Crippen molar-refractivity contribution in [1.29, 1.82) is 0 Å². The Balaban J connectivity index is -0.00000924.